The number of benzene rings is 2. The van der Waals surface area contributed by atoms with Gasteiger partial charge in [-0.1, -0.05) is 24.3 Å². The van der Waals surface area contributed by atoms with Crippen LogP contribution in [-0.2, 0) is 10.2 Å². The molecule has 1 amide bonds. The zero-order valence-corrected chi connectivity index (χ0v) is 14.2. The van der Waals surface area contributed by atoms with Gasteiger partial charge in [0.15, 0.2) is 11.6 Å². The molecule has 1 aliphatic carbocycles. The second kappa shape index (κ2) is 6.75. The van der Waals surface area contributed by atoms with Gasteiger partial charge in [-0.05, 0) is 42.7 Å². The topological polar surface area (TPSA) is 64.1 Å². The fourth-order valence-electron chi connectivity index (χ4n) is 2.85. The van der Waals surface area contributed by atoms with Crippen molar-refractivity contribution in [3.05, 3.63) is 78.1 Å². The summed E-state index contributed by atoms with van der Waals surface area (Å²) in [5, 5.41) is 2.77. The monoisotopic (exact) mass is 367 g/mol. The van der Waals surface area contributed by atoms with E-state index in [-0.39, 0.29) is 23.5 Å². The highest BCUT2D eigenvalue weighted by Gasteiger charge is 2.51. The maximum absolute atomic E-state index is 13.6. The molecule has 1 heterocycles. The number of ether oxygens (including phenoxy) is 1. The van der Waals surface area contributed by atoms with E-state index in [9.17, 15) is 13.6 Å². The van der Waals surface area contributed by atoms with Crippen LogP contribution in [0.4, 0.5) is 14.5 Å². The van der Waals surface area contributed by atoms with E-state index >= 15 is 0 Å². The molecule has 4 rings (SSSR count). The van der Waals surface area contributed by atoms with E-state index in [0.29, 0.717) is 18.5 Å². The molecule has 3 aromatic rings. The molecule has 2 aromatic carbocycles. The first-order chi connectivity index (χ1) is 13.1. The van der Waals surface area contributed by atoms with Crippen molar-refractivity contribution in [2.45, 2.75) is 18.3 Å². The third kappa shape index (κ3) is 3.48. The third-order valence-electron chi connectivity index (χ3n) is 4.51. The van der Waals surface area contributed by atoms with E-state index in [0.717, 1.165) is 5.56 Å². The molecular weight excluding hydrogens is 352 g/mol. The van der Waals surface area contributed by atoms with Crippen molar-refractivity contribution in [1.29, 1.82) is 0 Å². The normalized spacial score (nSPS) is 14.4. The average molecular weight is 367 g/mol. The summed E-state index contributed by atoms with van der Waals surface area (Å²) in [7, 11) is 0. The smallest absolute Gasteiger partial charge is 0.322 e. The van der Waals surface area contributed by atoms with E-state index in [4.69, 9.17) is 4.74 Å². The summed E-state index contributed by atoms with van der Waals surface area (Å²) in [6.07, 6.45) is 4.17. The number of amides is 1. The molecule has 1 aromatic heterocycles. The number of rotatable bonds is 5. The summed E-state index contributed by atoms with van der Waals surface area (Å²) in [6.45, 7) is 0. The zero-order chi connectivity index (χ0) is 18.9. The van der Waals surface area contributed by atoms with Crippen molar-refractivity contribution >= 4 is 11.6 Å². The molecule has 0 unspecified atom stereocenters. The van der Waals surface area contributed by atoms with Gasteiger partial charge in [0.25, 0.3) is 0 Å². The number of halogens is 2. The SMILES string of the molecule is O=C(Nc1cnc(Oc2ccccc2F)nc1)C1(c2ccc(F)cc2)CC1. The minimum atomic E-state index is -0.643. The van der Waals surface area contributed by atoms with Gasteiger partial charge in [-0.2, -0.15) is 0 Å². The number of nitrogens with one attached hydrogen (secondary N) is 1. The number of hydrogen-bond acceptors (Lipinski definition) is 4. The van der Waals surface area contributed by atoms with Crippen LogP contribution in [0.3, 0.4) is 0 Å². The van der Waals surface area contributed by atoms with Gasteiger partial charge >= 0.3 is 6.01 Å². The van der Waals surface area contributed by atoms with Crippen LogP contribution in [0, 0.1) is 11.6 Å². The first-order valence-electron chi connectivity index (χ1n) is 8.39. The largest absolute Gasteiger partial charge is 0.421 e. The number of anilines is 1. The lowest BCUT2D eigenvalue weighted by Gasteiger charge is -2.15. The fourth-order valence-corrected chi connectivity index (χ4v) is 2.85. The molecule has 7 heteroatoms. The second-order valence-electron chi connectivity index (χ2n) is 6.33. The Morgan fingerprint density at radius 1 is 1.00 bits per heavy atom. The number of carbonyl (C=O) groups excluding carboxylic acids is 1. The Morgan fingerprint density at radius 3 is 2.30 bits per heavy atom. The molecule has 0 aliphatic heterocycles. The summed E-state index contributed by atoms with van der Waals surface area (Å²) >= 11 is 0. The highest BCUT2D eigenvalue weighted by molar-refractivity contribution is 6.01. The molecule has 0 bridgehead atoms. The lowest BCUT2D eigenvalue weighted by molar-refractivity contribution is -0.118. The molecule has 1 saturated carbocycles. The lowest BCUT2D eigenvalue weighted by atomic mass is 9.95. The number of nitrogens with zero attached hydrogens (tertiary/aromatic N) is 2. The first kappa shape index (κ1) is 17.1. The van der Waals surface area contributed by atoms with Crippen molar-refractivity contribution < 1.29 is 18.3 Å². The lowest BCUT2D eigenvalue weighted by Crippen LogP contribution is -2.27. The predicted octanol–water partition coefficient (Wildman–Crippen LogP) is 4.22. The predicted molar refractivity (Wildman–Crippen MR) is 94.4 cm³/mol. The zero-order valence-electron chi connectivity index (χ0n) is 14.2. The Hall–Kier alpha value is -3.35. The van der Waals surface area contributed by atoms with Crippen LogP contribution < -0.4 is 10.1 Å². The molecule has 0 saturated heterocycles. The van der Waals surface area contributed by atoms with Crippen molar-refractivity contribution in [2.24, 2.45) is 0 Å². The second-order valence-corrected chi connectivity index (χ2v) is 6.33. The highest BCUT2D eigenvalue weighted by atomic mass is 19.1. The first-order valence-corrected chi connectivity index (χ1v) is 8.39. The Labute approximate surface area is 154 Å². The summed E-state index contributed by atoms with van der Waals surface area (Å²) < 4.78 is 32.0. The number of para-hydroxylation sites is 1. The molecule has 27 heavy (non-hydrogen) atoms. The van der Waals surface area contributed by atoms with Crippen LogP contribution >= 0.6 is 0 Å². The van der Waals surface area contributed by atoms with Gasteiger partial charge in [0, 0.05) is 0 Å². The molecule has 0 spiro atoms. The van der Waals surface area contributed by atoms with Crippen LogP contribution in [-0.4, -0.2) is 15.9 Å². The van der Waals surface area contributed by atoms with Crippen LogP contribution in [0.2, 0.25) is 0 Å². The maximum atomic E-state index is 13.6. The Balaban J connectivity index is 1.45. The molecule has 1 fully saturated rings. The number of carbonyl (C=O) groups is 1. The Morgan fingerprint density at radius 2 is 1.67 bits per heavy atom. The molecular formula is C20H15F2N3O2. The molecule has 136 valence electrons. The number of aromatic nitrogens is 2. The summed E-state index contributed by atoms with van der Waals surface area (Å²) in [5.41, 5.74) is 0.534. The van der Waals surface area contributed by atoms with Crippen molar-refractivity contribution in [3.63, 3.8) is 0 Å². The van der Waals surface area contributed by atoms with Crippen LogP contribution in [0.5, 0.6) is 11.8 Å². The minimum absolute atomic E-state index is 0.0162. The van der Waals surface area contributed by atoms with Crippen LogP contribution in [0.15, 0.2) is 60.9 Å². The minimum Gasteiger partial charge on any atom is -0.421 e. The van der Waals surface area contributed by atoms with E-state index in [1.54, 1.807) is 24.3 Å². The molecule has 1 N–H and O–H groups in total. The summed E-state index contributed by atoms with van der Waals surface area (Å²) in [4.78, 5) is 20.6. The van der Waals surface area contributed by atoms with Gasteiger partial charge in [-0.25, -0.2) is 18.7 Å². The molecule has 1 aliphatic rings. The molecule has 5 nitrogen and oxygen atoms in total. The quantitative estimate of drug-likeness (QED) is 0.733. The molecule has 0 radical (unpaired) electrons. The molecule has 0 atom stereocenters. The van der Waals surface area contributed by atoms with Gasteiger partial charge in [0.1, 0.15) is 5.82 Å². The number of hydrogen-bond donors (Lipinski definition) is 1. The standard InChI is InChI=1S/C20H15F2N3O2/c21-14-7-5-13(6-8-14)20(9-10-20)18(26)25-15-11-23-19(24-12-15)27-17-4-2-1-3-16(17)22/h1-8,11-12H,9-10H2,(H,25,26). The van der Waals surface area contributed by atoms with E-state index in [1.165, 1.54) is 36.7 Å². The van der Waals surface area contributed by atoms with E-state index in [2.05, 4.69) is 15.3 Å². The third-order valence-corrected chi connectivity index (χ3v) is 4.51. The summed E-state index contributed by atoms with van der Waals surface area (Å²) in [5.74, 6) is -1.04. The van der Waals surface area contributed by atoms with Crippen molar-refractivity contribution in [1.82, 2.24) is 9.97 Å². The van der Waals surface area contributed by atoms with E-state index in [1.807, 2.05) is 0 Å². The van der Waals surface area contributed by atoms with Crippen LogP contribution in [0.1, 0.15) is 18.4 Å². The summed E-state index contributed by atoms with van der Waals surface area (Å²) in [6, 6.07) is 11.9. The van der Waals surface area contributed by atoms with Crippen molar-refractivity contribution in [2.75, 3.05) is 5.32 Å². The average Bonchev–Trinajstić information content (AvgIpc) is 3.48. The van der Waals surface area contributed by atoms with Gasteiger partial charge in [0.2, 0.25) is 5.91 Å². The van der Waals surface area contributed by atoms with Gasteiger partial charge in [-0.3, -0.25) is 4.79 Å². The maximum Gasteiger partial charge on any atom is 0.322 e. The van der Waals surface area contributed by atoms with E-state index < -0.39 is 11.2 Å². The van der Waals surface area contributed by atoms with Gasteiger partial charge < -0.3 is 10.1 Å². The van der Waals surface area contributed by atoms with Gasteiger partial charge in [-0.15, -0.1) is 0 Å². The van der Waals surface area contributed by atoms with Crippen molar-refractivity contribution in [3.8, 4) is 11.8 Å². The Bertz CT molecular complexity index is 971. The van der Waals surface area contributed by atoms with Crippen LogP contribution in [0.25, 0.3) is 0 Å². The fraction of sp³-hybridized carbons (Fsp3) is 0.150. The Kier molecular flexibility index (Phi) is 4.27. The van der Waals surface area contributed by atoms with Gasteiger partial charge in [0.05, 0.1) is 23.5 Å². The highest BCUT2D eigenvalue weighted by Crippen LogP contribution is 2.49.